The molecule has 3 aromatic heterocycles. The number of carbonyl (C=O) groups is 1. The topological polar surface area (TPSA) is 50.5 Å². The van der Waals surface area contributed by atoms with Crippen molar-refractivity contribution in [2.45, 2.75) is 44.8 Å². The summed E-state index contributed by atoms with van der Waals surface area (Å²) >= 11 is 4.60. The van der Waals surface area contributed by atoms with Crippen LogP contribution < -0.4 is 0 Å². The molecule has 0 saturated carbocycles. The first kappa shape index (κ1) is 20.3. The quantitative estimate of drug-likeness (QED) is 0.480. The van der Waals surface area contributed by atoms with E-state index in [2.05, 4.69) is 26.0 Å². The molecule has 1 saturated heterocycles. The van der Waals surface area contributed by atoms with Gasteiger partial charge in [-0.3, -0.25) is 4.79 Å². The van der Waals surface area contributed by atoms with Crippen LogP contribution in [0.15, 0.2) is 28.1 Å². The third-order valence-electron chi connectivity index (χ3n) is 5.16. The van der Waals surface area contributed by atoms with E-state index in [0.29, 0.717) is 11.4 Å². The molecule has 5 nitrogen and oxygen atoms in total. The summed E-state index contributed by atoms with van der Waals surface area (Å²) in [5.74, 6) is -0.361. The summed E-state index contributed by atoms with van der Waals surface area (Å²) in [4.78, 5) is 19.9. The predicted octanol–water partition coefficient (Wildman–Crippen LogP) is 5.64. The van der Waals surface area contributed by atoms with Crippen LogP contribution in [0, 0.1) is 0 Å². The number of alkyl halides is 3. The van der Waals surface area contributed by atoms with Crippen LogP contribution in [0.25, 0.3) is 16.2 Å². The van der Waals surface area contributed by atoms with Crippen LogP contribution in [0.1, 0.15) is 48.8 Å². The van der Waals surface area contributed by atoms with E-state index in [1.807, 2.05) is 6.92 Å². The van der Waals surface area contributed by atoms with Crippen LogP contribution in [0.4, 0.5) is 13.2 Å². The van der Waals surface area contributed by atoms with Crippen LogP contribution in [0.3, 0.4) is 0 Å². The van der Waals surface area contributed by atoms with Gasteiger partial charge in [-0.15, -0.1) is 11.3 Å². The summed E-state index contributed by atoms with van der Waals surface area (Å²) in [6, 6.07) is 4.51. The summed E-state index contributed by atoms with van der Waals surface area (Å²) in [5.41, 5.74) is -0.816. The third kappa shape index (κ3) is 3.68. The van der Waals surface area contributed by atoms with Crippen LogP contribution in [0.5, 0.6) is 0 Å². The van der Waals surface area contributed by atoms with Crippen molar-refractivity contribution < 1.29 is 18.0 Å². The molecule has 1 aliphatic heterocycles. The zero-order chi connectivity index (χ0) is 20.8. The first-order valence-corrected chi connectivity index (χ1v) is 11.0. The Labute approximate surface area is 177 Å². The van der Waals surface area contributed by atoms with Gasteiger partial charge < -0.3 is 4.90 Å². The number of carbonyl (C=O) groups excluding carboxylic acids is 1. The number of hydrogen-bond donors (Lipinski definition) is 0. The maximum Gasteiger partial charge on any atom is 0.433 e. The van der Waals surface area contributed by atoms with E-state index in [4.69, 9.17) is 0 Å². The largest absolute Gasteiger partial charge is 0.433 e. The molecule has 0 aromatic carbocycles. The summed E-state index contributed by atoms with van der Waals surface area (Å²) in [6.07, 6.45) is -1.04. The molecule has 0 aliphatic carbocycles. The maximum atomic E-state index is 13.8. The van der Waals surface area contributed by atoms with Crippen molar-refractivity contribution in [2.24, 2.45) is 0 Å². The number of likely N-dealkylation sites (tertiary alicyclic amines) is 1. The first-order chi connectivity index (χ1) is 13.8. The lowest BCUT2D eigenvalue weighted by molar-refractivity contribution is -0.142. The number of thiophene rings is 1. The van der Waals surface area contributed by atoms with Crippen LogP contribution >= 0.6 is 27.3 Å². The third-order valence-corrected chi connectivity index (χ3v) is 6.78. The van der Waals surface area contributed by atoms with Crippen molar-refractivity contribution in [3.8, 4) is 10.6 Å². The molecule has 4 rings (SSSR count). The highest BCUT2D eigenvalue weighted by molar-refractivity contribution is 9.10. The zero-order valence-electron chi connectivity index (χ0n) is 15.5. The summed E-state index contributed by atoms with van der Waals surface area (Å²) in [7, 11) is 0. The molecule has 3 aromatic rings. The molecule has 0 N–H and O–H groups in total. The Morgan fingerprint density at radius 3 is 2.83 bits per heavy atom. The van der Waals surface area contributed by atoms with Gasteiger partial charge in [-0.1, -0.05) is 13.0 Å². The number of piperidine rings is 1. The molecular formula is C19H18BrF3N4OS. The van der Waals surface area contributed by atoms with Gasteiger partial charge in [0.05, 0.1) is 15.0 Å². The van der Waals surface area contributed by atoms with Gasteiger partial charge in [-0.25, -0.2) is 9.50 Å². The summed E-state index contributed by atoms with van der Waals surface area (Å²) in [5, 5.41) is 5.82. The molecule has 154 valence electrons. The van der Waals surface area contributed by atoms with Crippen LogP contribution in [-0.2, 0) is 6.18 Å². The van der Waals surface area contributed by atoms with Crippen molar-refractivity contribution >= 4 is 38.8 Å². The monoisotopic (exact) mass is 486 g/mol. The van der Waals surface area contributed by atoms with Crippen molar-refractivity contribution in [2.75, 3.05) is 6.54 Å². The lowest BCUT2D eigenvalue weighted by Gasteiger charge is -2.34. The van der Waals surface area contributed by atoms with Gasteiger partial charge in [-0.05, 0) is 59.1 Å². The van der Waals surface area contributed by atoms with Crippen LogP contribution in [-0.4, -0.2) is 38.0 Å². The Hall–Kier alpha value is -1.94. The van der Waals surface area contributed by atoms with E-state index in [-0.39, 0.29) is 33.5 Å². The number of aromatic nitrogens is 3. The molecule has 29 heavy (non-hydrogen) atoms. The second-order valence-electron chi connectivity index (χ2n) is 6.96. The van der Waals surface area contributed by atoms with E-state index in [1.165, 1.54) is 11.3 Å². The highest BCUT2D eigenvalue weighted by atomic mass is 79.9. The Bertz CT molecular complexity index is 1050. The minimum Gasteiger partial charge on any atom is -0.334 e. The van der Waals surface area contributed by atoms with E-state index < -0.39 is 11.9 Å². The van der Waals surface area contributed by atoms with Gasteiger partial charge in [0, 0.05) is 12.6 Å². The van der Waals surface area contributed by atoms with Gasteiger partial charge in [0.25, 0.3) is 5.91 Å². The van der Waals surface area contributed by atoms with E-state index in [9.17, 15) is 18.0 Å². The average Bonchev–Trinajstić information content (AvgIpc) is 3.34. The number of amides is 1. The molecule has 0 spiro atoms. The summed E-state index contributed by atoms with van der Waals surface area (Å²) in [6.45, 7) is 2.59. The maximum absolute atomic E-state index is 13.8. The molecule has 1 atom stereocenters. The van der Waals surface area contributed by atoms with Gasteiger partial charge in [0.15, 0.2) is 17.0 Å². The predicted molar refractivity (Wildman–Crippen MR) is 108 cm³/mol. The van der Waals surface area contributed by atoms with Crippen molar-refractivity contribution in [3.05, 3.63) is 39.4 Å². The fraction of sp³-hybridized carbons (Fsp3) is 0.421. The number of rotatable bonds is 3. The van der Waals surface area contributed by atoms with Gasteiger partial charge in [0.1, 0.15) is 0 Å². The molecular weight excluding hydrogens is 469 g/mol. The van der Waals surface area contributed by atoms with E-state index in [1.54, 1.807) is 22.4 Å². The number of fused-ring (bicyclic) bond motifs is 1. The number of halogens is 4. The van der Waals surface area contributed by atoms with E-state index >= 15 is 0 Å². The van der Waals surface area contributed by atoms with Crippen molar-refractivity contribution in [3.63, 3.8) is 0 Å². The van der Waals surface area contributed by atoms with Gasteiger partial charge in [-0.2, -0.15) is 18.3 Å². The standard InChI is InChI=1S/C19H18BrF3N4OS/c1-2-11-6-3-4-8-26(11)18(28)16-15(20)17-24-12(13-7-5-9-29-13)10-14(19(21,22)23)27(17)25-16/h5,7,9-11H,2-4,6,8H2,1H3. The SMILES string of the molecule is CCC1CCCCN1C(=O)c1nn2c(C(F)(F)F)cc(-c3cccs3)nc2c1Br. The Morgan fingerprint density at radius 1 is 1.38 bits per heavy atom. The average molecular weight is 487 g/mol. The highest BCUT2D eigenvalue weighted by Crippen LogP contribution is 2.36. The van der Waals surface area contributed by atoms with Crippen molar-refractivity contribution in [1.29, 1.82) is 0 Å². The second kappa shape index (κ2) is 7.71. The zero-order valence-corrected chi connectivity index (χ0v) is 17.9. The van der Waals surface area contributed by atoms with E-state index in [0.717, 1.165) is 36.3 Å². The Morgan fingerprint density at radius 2 is 2.17 bits per heavy atom. The van der Waals surface area contributed by atoms with Gasteiger partial charge in [0.2, 0.25) is 0 Å². The minimum absolute atomic E-state index is 0.0170. The molecule has 1 unspecified atom stereocenters. The molecule has 4 heterocycles. The molecule has 10 heteroatoms. The normalized spacial score (nSPS) is 17.8. The molecule has 1 fully saturated rings. The highest BCUT2D eigenvalue weighted by Gasteiger charge is 2.37. The fourth-order valence-electron chi connectivity index (χ4n) is 3.71. The smallest absolute Gasteiger partial charge is 0.334 e. The van der Waals surface area contributed by atoms with Gasteiger partial charge >= 0.3 is 6.18 Å². The lowest BCUT2D eigenvalue weighted by atomic mass is 9.99. The first-order valence-electron chi connectivity index (χ1n) is 9.32. The van der Waals surface area contributed by atoms with Crippen molar-refractivity contribution in [1.82, 2.24) is 19.5 Å². The molecule has 0 bridgehead atoms. The number of nitrogens with zero attached hydrogens (tertiary/aromatic N) is 4. The summed E-state index contributed by atoms with van der Waals surface area (Å²) < 4.78 is 42.2. The minimum atomic E-state index is -4.64. The molecule has 1 amide bonds. The molecule has 1 aliphatic rings. The second-order valence-corrected chi connectivity index (χ2v) is 8.70. The Kier molecular flexibility index (Phi) is 5.41. The lowest BCUT2D eigenvalue weighted by Crippen LogP contribution is -2.43. The molecule has 0 radical (unpaired) electrons. The Balaban J connectivity index is 1.87. The number of hydrogen-bond acceptors (Lipinski definition) is 4. The van der Waals surface area contributed by atoms with Crippen LogP contribution in [0.2, 0.25) is 0 Å². The fourth-order valence-corrected chi connectivity index (χ4v) is 4.90.